The summed E-state index contributed by atoms with van der Waals surface area (Å²) in [5.41, 5.74) is 7.09. The molecule has 2 aromatic heterocycles. The molecule has 5 atom stereocenters. The number of likely N-dealkylation sites (tertiary alicyclic amines) is 2. The first-order valence-electron chi connectivity index (χ1n) is 25.4. The van der Waals surface area contributed by atoms with Crippen LogP contribution in [0.3, 0.4) is 0 Å². The average molecular weight is 1040 g/mol. The van der Waals surface area contributed by atoms with E-state index in [2.05, 4.69) is 36.8 Å². The summed E-state index contributed by atoms with van der Waals surface area (Å²) in [7, 11) is 5.26. The molecule has 1 spiro atoms. The Morgan fingerprint density at radius 3 is 2.41 bits per heavy atom. The third kappa shape index (κ3) is 13.1. The fourth-order valence-corrected chi connectivity index (χ4v) is 11.4. The highest BCUT2D eigenvalue weighted by Gasteiger charge is 2.53. The van der Waals surface area contributed by atoms with Crippen LogP contribution >= 0.6 is 0 Å². The lowest BCUT2D eigenvalue weighted by Gasteiger charge is -2.58. The van der Waals surface area contributed by atoms with Crippen LogP contribution in [0.1, 0.15) is 101 Å². The number of hydrazine groups is 1. The molecule has 19 nitrogen and oxygen atoms in total. The smallest absolute Gasteiger partial charge is 0.405 e. The summed E-state index contributed by atoms with van der Waals surface area (Å²) < 4.78 is 55.7. The van der Waals surface area contributed by atoms with Gasteiger partial charge in [-0.2, -0.15) is 23.0 Å². The Labute approximate surface area is 431 Å². The maximum Gasteiger partial charge on any atom is 0.405 e. The van der Waals surface area contributed by atoms with Gasteiger partial charge in [-0.3, -0.25) is 39.0 Å². The van der Waals surface area contributed by atoms with E-state index in [1.165, 1.54) is 22.2 Å². The molecule has 3 aromatic rings. The fraction of sp³-hybridized carbons (Fsp3) is 0.615. The van der Waals surface area contributed by atoms with Crippen LogP contribution in [-0.4, -0.2) is 187 Å². The molecule has 0 radical (unpaired) electrons. The highest BCUT2D eigenvalue weighted by molar-refractivity contribution is 5.90. The molecule has 2 N–H and O–H groups in total. The number of rotatable bonds is 18. The molecule has 4 amide bonds. The molecule has 5 unspecified atom stereocenters. The Morgan fingerprint density at radius 2 is 1.78 bits per heavy atom. The Kier molecular flexibility index (Phi) is 17.9. The van der Waals surface area contributed by atoms with Crippen molar-refractivity contribution in [2.75, 3.05) is 98.2 Å². The van der Waals surface area contributed by atoms with E-state index in [-0.39, 0.29) is 35.8 Å². The number of carbonyl (C=O) groups excluding carboxylic acids is 5. The number of amides is 4. The van der Waals surface area contributed by atoms with Gasteiger partial charge in [0.05, 0.1) is 30.5 Å². The van der Waals surface area contributed by atoms with Gasteiger partial charge in [-0.05, 0) is 98.5 Å². The van der Waals surface area contributed by atoms with Gasteiger partial charge < -0.3 is 29.5 Å². The van der Waals surface area contributed by atoms with Gasteiger partial charge in [0.25, 0.3) is 12.4 Å². The Balaban J connectivity index is 0.000000419. The van der Waals surface area contributed by atoms with Crippen LogP contribution in [0.5, 0.6) is 0 Å². The number of pyridine rings is 1. The van der Waals surface area contributed by atoms with Crippen LogP contribution in [0.25, 0.3) is 5.57 Å². The van der Waals surface area contributed by atoms with Crippen molar-refractivity contribution in [2.45, 2.75) is 96.6 Å². The highest BCUT2D eigenvalue weighted by Crippen LogP contribution is 2.55. The summed E-state index contributed by atoms with van der Waals surface area (Å²) in [6.45, 7) is 14.6. The van der Waals surface area contributed by atoms with Gasteiger partial charge in [-0.15, -0.1) is 0 Å². The predicted molar refractivity (Wildman–Crippen MR) is 270 cm³/mol. The van der Waals surface area contributed by atoms with Gasteiger partial charge in [-0.1, -0.05) is 45.9 Å². The zero-order valence-corrected chi connectivity index (χ0v) is 43.9. The summed E-state index contributed by atoms with van der Waals surface area (Å²) in [6.07, 6.45) is 5.32. The number of alkyl halides is 3. The molecule has 7 heterocycles. The van der Waals surface area contributed by atoms with Crippen molar-refractivity contribution in [3.63, 3.8) is 0 Å². The van der Waals surface area contributed by atoms with Gasteiger partial charge in [0.2, 0.25) is 12.3 Å². The monoisotopic (exact) mass is 1030 g/mol. The Bertz CT molecular complexity index is 2440. The zero-order valence-electron chi connectivity index (χ0n) is 43.9. The van der Waals surface area contributed by atoms with E-state index in [1.807, 2.05) is 71.8 Å². The number of anilines is 1. The van der Waals surface area contributed by atoms with Gasteiger partial charge in [-0.25, -0.2) is 15.2 Å². The zero-order chi connectivity index (χ0) is 53.5. The number of fused-ring (bicyclic) bond motifs is 1. The van der Waals surface area contributed by atoms with Crippen molar-refractivity contribution < 1.29 is 46.6 Å². The van der Waals surface area contributed by atoms with Crippen LogP contribution in [0.2, 0.25) is 0 Å². The van der Waals surface area contributed by atoms with E-state index < -0.39 is 48.3 Å². The second kappa shape index (κ2) is 23.7. The highest BCUT2D eigenvalue weighted by atomic mass is 19.4. The Hall–Kier alpha value is -5.97. The Morgan fingerprint density at radius 1 is 1.03 bits per heavy atom. The summed E-state index contributed by atoms with van der Waals surface area (Å²) in [6, 6.07) is 7.16. The van der Waals surface area contributed by atoms with Crippen molar-refractivity contribution in [3.8, 4) is 0 Å². The summed E-state index contributed by atoms with van der Waals surface area (Å²) in [5.74, 6) is -0.797. The minimum absolute atomic E-state index is 0.0231. The van der Waals surface area contributed by atoms with Crippen molar-refractivity contribution in [2.24, 2.45) is 16.7 Å². The number of benzene rings is 1. The lowest BCUT2D eigenvalue weighted by molar-refractivity contribution is -0.142. The van der Waals surface area contributed by atoms with E-state index in [9.17, 15) is 37.1 Å². The topological polar surface area (TPSA) is 191 Å². The van der Waals surface area contributed by atoms with Gasteiger partial charge in [0.1, 0.15) is 25.2 Å². The first kappa shape index (κ1) is 55.8. The maximum absolute atomic E-state index is 14.5. The molecular weight excluding hydrogens is 962 g/mol. The van der Waals surface area contributed by atoms with E-state index in [1.54, 1.807) is 40.2 Å². The molecule has 3 saturated heterocycles. The third-order valence-electron chi connectivity index (χ3n) is 14.7. The average Bonchev–Trinajstić information content (AvgIpc) is 3.98. The molecule has 0 bridgehead atoms. The number of aromatic nitrogens is 4. The van der Waals surface area contributed by atoms with Crippen molar-refractivity contribution in [1.82, 2.24) is 55.1 Å². The van der Waals surface area contributed by atoms with Crippen LogP contribution < -0.4 is 15.6 Å². The predicted octanol–water partition coefficient (Wildman–Crippen LogP) is 4.89. The summed E-state index contributed by atoms with van der Waals surface area (Å²) >= 11 is 0. The minimum atomic E-state index is -4.50. The number of ether oxygens (including phenoxy) is 2. The SMILES string of the molecule is COC(C)c1ncccc1C1C(CC(C)(C)COC=O)c2cc(C3=CCCN(CC(NC(=O)C(C(C)C)N(C)C)C(=O)N4CCCCN4)C3)ccc2N1CC(F)(F)F.O=CN1CC2(C1)CN(C(=O)n1cncn1)C2. The van der Waals surface area contributed by atoms with E-state index in [0.717, 1.165) is 49.0 Å². The number of methoxy groups -OCH3 is 1. The molecule has 8 rings (SSSR count). The molecule has 404 valence electrons. The van der Waals surface area contributed by atoms with Crippen LogP contribution in [0.4, 0.5) is 23.7 Å². The molecule has 0 saturated carbocycles. The van der Waals surface area contributed by atoms with Crippen molar-refractivity contribution in [1.29, 1.82) is 0 Å². The molecule has 3 fully saturated rings. The number of nitrogens with one attached hydrogen (secondary N) is 2. The largest absolute Gasteiger partial charge is 0.467 e. The second-order valence-electron chi connectivity index (χ2n) is 21.8. The van der Waals surface area contributed by atoms with Crippen molar-refractivity contribution in [3.05, 3.63) is 77.6 Å². The third-order valence-corrected chi connectivity index (χ3v) is 14.7. The fourth-order valence-electron chi connectivity index (χ4n) is 11.4. The number of hydrogen-bond donors (Lipinski definition) is 2. The van der Waals surface area contributed by atoms with Gasteiger partial charge in [0, 0.05) is 89.2 Å². The van der Waals surface area contributed by atoms with Gasteiger partial charge >= 0.3 is 12.2 Å². The molecule has 1 aromatic carbocycles. The van der Waals surface area contributed by atoms with Crippen LogP contribution in [0.15, 0.2) is 55.3 Å². The maximum atomic E-state index is 14.5. The van der Waals surface area contributed by atoms with Gasteiger partial charge in [0.15, 0.2) is 0 Å². The summed E-state index contributed by atoms with van der Waals surface area (Å²) in [4.78, 5) is 78.4. The van der Waals surface area contributed by atoms with E-state index in [0.29, 0.717) is 82.1 Å². The number of nitrogens with zero attached hydrogens (tertiary/aromatic N) is 10. The van der Waals surface area contributed by atoms with Crippen LogP contribution in [0, 0.1) is 16.7 Å². The molecule has 0 aliphatic carbocycles. The van der Waals surface area contributed by atoms with Crippen LogP contribution in [-0.2, 0) is 28.7 Å². The quantitative estimate of drug-likeness (QED) is 0.164. The minimum Gasteiger partial charge on any atom is -0.467 e. The van der Waals surface area contributed by atoms with E-state index in [4.69, 9.17) is 9.47 Å². The molecule has 5 aliphatic rings. The van der Waals surface area contributed by atoms with Crippen molar-refractivity contribution >= 4 is 42.0 Å². The number of likely N-dealkylation sites (N-methyl/N-ethyl adjacent to an activating group) is 1. The summed E-state index contributed by atoms with van der Waals surface area (Å²) in [5, 5.41) is 8.51. The molecular formula is C52H73F3N12O7. The molecule has 22 heteroatoms. The number of halogens is 3. The molecule has 74 heavy (non-hydrogen) atoms. The lowest BCUT2D eigenvalue weighted by Crippen LogP contribution is -2.72. The standard InChI is InChI=1S/C43H62F3N7O5.C9H11N5O2/c1-28(2)38(50(6)7)40(55)49-35(41(56)53-20-10-9-18-48-53)24-51-19-12-13-31(23-51)30-15-16-36-33(21-30)34(22-42(4,5)26-58-27-54)39(52(36)25-43(44,45)46)32-14-11-17-47-37(32)29(3)57-8;15-7-12-1-9(2-12)3-13(4-9)8(16)14-6-10-5-11-14/h11,13-17,21,27-29,34-35,38-39,48H,9-10,12,18-20,22-26H2,1-8H3,(H,49,55);5-7H,1-4H2. The number of hydrogen-bond acceptors (Lipinski definition) is 14. The van der Waals surface area contributed by atoms with E-state index >= 15 is 0 Å². The number of carbonyl (C=O) groups is 5. The lowest BCUT2D eigenvalue weighted by atomic mass is 9.73. The molecule has 5 aliphatic heterocycles. The first-order valence-corrected chi connectivity index (χ1v) is 25.4. The normalized spacial score (nSPS) is 20.9. The first-order chi connectivity index (χ1) is 35.2. The second-order valence-corrected chi connectivity index (χ2v) is 21.8.